The van der Waals surface area contributed by atoms with Crippen LogP contribution in [0.25, 0.3) is 16.7 Å². The lowest BCUT2D eigenvalue weighted by Crippen LogP contribution is -2.02. The standard InChI is InChI=1S/C15H13N3O2/c1-10(19)8-11-6-7-15(20)14(9-11)18-16-12-4-2-3-5-13(12)17-18/h2-7,9,20H,8H2,1H3. The Kier molecular flexibility index (Phi) is 2.95. The molecule has 0 radical (unpaired) electrons. The smallest absolute Gasteiger partial charge is 0.143 e. The Balaban J connectivity index is 2.10. The number of benzene rings is 2. The molecule has 0 amide bonds. The van der Waals surface area contributed by atoms with Gasteiger partial charge in [-0.3, -0.25) is 4.79 Å². The first-order chi connectivity index (χ1) is 9.63. The first kappa shape index (κ1) is 12.3. The lowest BCUT2D eigenvalue weighted by molar-refractivity contribution is -0.116. The van der Waals surface area contributed by atoms with E-state index >= 15 is 0 Å². The summed E-state index contributed by atoms with van der Waals surface area (Å²) >= 11 is 0. The molecule has 0 fully saturated rings. The summed E-state index contributed by atoms with van der Waals surface area (Å²) in [5, 5.41) is 18.6. The summed E-state index contributed by atoms with van der Waals surface area (Å²) in [6.07, 6.45) is 0.327. The predicted molar refractivity (Wildman–Crippen MR) is 74.9 cm³/mol. The van der Waals surface area contributed by atoms with E-state index in [0.717, 1.165) is 16.6 Å². The molecule has 0 unspecified atom stereocenters. The average molecular weight is 267 g/mol. The number of nitrogens with zero attached hydrogens (tertiary/aromatic N) is 3. The molecular formula is C15H13N3O2. The Bertz CT molecular complexity index is 760. The van der Waals surface area contributed by atoms with Gasteiger partial charge in [0, 0.05) is 6.42 Å². The zero-order valence-corrected chi connectivity index (χ0v) is 10.9. The monoisotopic (exact) mass is 267 g/mol. The highest BCUT2D eigenvalue weighted by atomic mass is 16.3. The first-order valence-corrected chi connectivity index (χ1v) is 6.27. The summed E-state index contributed by atoms with van der Waals surface area (Å²) in [5.41, 5.74) is 2.80. The second-order valence-corrected chi connectivity index (χ2v) is 4.68. The van der Waals surface area contributed by atoms with Crippen molar-refractivity contribution in [1.82, 2.24) is 15.0 Å². The number of phenols is 1. The van der Waals surface area contributed by atoms with Crippen molar-refractivity contribution in [3.8, 4) is 11.4 Å². The predicted octanol–water partition coefficient (Wildman–Crippen LogP) is 2.26. The van der Waals surface area contributed by atoms with Gasteiger partial charge in [0.15, 0.2) is 0 Å². The van der Waals surface area contributed by atoms with Crippen LogP contribution in [0.1, 0.15) is 12.5 Å². The summed E-state index contributed by atoms with van der Waals surface area (Å²) < 4.78 is 0. The van der Waals surface area contributed by atoms with E-state index in [0.29, 0.717) is 12.1 Å². The summed E-state index contributed by atoms with van der Waals surface area (Å²) in [6.45, 7) is 1.53. The van der Waals surface area contributed by atoms with E-state index in [-0.39, 0.29) is 11.5 Å². The Morgan fingerprint density at radius 1 is 1.15 bits per heavy atom. The van der Waals surface area contributed by atoms with Crippen molar-refractivity contribution in [2.45, 2.75) is 13.3 Å². The number of Topliss-reactive ketones (excluding diaryl/α,β-unsaturated/α-hetero) is 1. The highest BCUT2D eigenvalue weighted by molar-refractivity contribution is 5.78. The van der Waals surface area contributed by atoms with Crippen LogP contribution in [0.15, 0.2) is 42.5 Å². The van der Waals surface area contributed by atoms with Crippen LogP contribution in [0.2, 0.25) is 0 Å². The fourth-order valence-corrected chi connectivity index (χ4v) is 2.09. The Morgan fingerprint density at radius 3 is 2.40 bits per heavy atom. The first-order valence-electron chi connectivity index (χ1n) is 6.27. The van der Waals surface area contributed by atoms with Gasteiger partial charge in [-0.1, -0.05) is 18.2 Å². The molecule has 100 valence electrons. The van der Waals surface area contributed by atoms with Crippen molar-refractivity contribution < 1.29 is 9.90 Å². The van der Waals surface area contributed by atoms with Crippen LogP contribution < -0.4 is 0 Å². The number of hydrogen-bond donors (Lipinski definition) is 1. The second-order valence-electron chi connectivity index (χ2n) is 4.68. The highest BCUT2D eigenvalue weighted by Crippen LogP contribution is 2.23. The minimum absolute atomic E-state index is 0.0697. The van der Waals surface area contributed by atoms with Crippen LogP contribution in [0.5, 0.6) is 5.75 Å². The van der Waals surface area contributed by atoms with Crippen molar-refractivity contribution >= 4 is 16.8 Å². The van der Waals surface area contributed by atoms with E-state index in [1.165, 1.54) is 11.7 Å². The highest BCUT2D eigenvalue weighted by Gasteiger charge is 2.10. The Morgan fingerprint density at radius 2 is 1.80 bits per heavy atom. The molecule has 0 spiro atoms. The molecule has 3 aromatic rings. The molecule has 0 atom stereocenters. The lowest BCUT2D eigenvalue weighted by atomic mass is 10.1. The third kappa shape index (κ3) is 2.25. The number of fused-ring (bicyclic) bond motifs is 1. The maximum Gasteiger partial charge on any atom is 0.143 e. The van der Waals surface area contributed by atoms with Crippen LogP contribution >= 0.6 is 0 Å². The Hall–Kier alpha value is -2.69. The molecule has 0 saturated heterocycles. The molecule has 0 aliphatic carbocycles. The molecule has 3 rings (SSSR count). The largest absolute Gasteiger partial charge is 0.506 e. The van der Waals surface area contributed by atoms with Gasteiger partial charge in [0.05, 0.1) is 0 Å². The molecule has 0 aliphatic rings. The number of hydrogen-bond acceptors (Lipinski definition) is 4. The van der Waals surface area contributed by atoms with E-state index in [2.05, 4.69) is 10.2 Å². The molecule has 0 aliphatic heterocycles. The zero-order chi connectivity index (χ0) is 14.1. The number of phenolic OH excluding ortho intramolecular Hbond substituents is 1. The minimum Gasteiger partial charge on any atom is -0.506 e. The third-order valence-corrected chi connectivity index (χ3v) is 3.00. The summed E-state index contributed by atoms with van der Waals surface area (Å²) in [5.74, 6) is 0.151. The number of ketones is 1. The Labute approximate surface area is 115 Å². The van der Waals surface area contributed by atoms with Crippen LogP contribution in [0.3, 0.4) is 0 Å². The van der Waals surface area contributed by atoms with Gasteiger partial charge in [-0.2, -0.15) is 0 Å². The fourth-order valence-electron chi connectivity index (χ4n) is 2.09. The lowest BCUT2D eigenvalue weighted by Gasteiger charge is -2.05. The summed E-state index contributed by atoms with van der Waals surface area (Å²) in [7, 11) is 0. The van der Waals surface area contributed by atoms with Crippen LogP contribution in [-0.4, -0.2) is 25.9 Å². The molecule has 1 aromatic heterocycles. The molecular weight excluding hydrogens is 254 g/mol. The summed E-state index contributed by atoms with van der Waals surface area (Å²) in [6, 6.07) is 12.5. The van der Waals surface area contributed by atoms with Gasteiger partial charge in [0.25, 0.3) is 0 Å². The van der Waals surface area contributed by atoms with Gasteiger partial charge < -0.3 is 5.11 Å². The molecule has 5 nitrogen and oxygen atoms in total. The van der Waals surface area contributed by atoms with E-state index in [1.54, 1.807) is 18.2 Å². The number of rotatable bonds is 3. The van der Waals surface area contributed by atoms with E-state index in [9.17, 15) is 9.90 Å². The van der Waals surface area contributed by atoms with Gasteiger partial charge in [-0.15, -0.1) is 15.0 Å². The summed E-state index contributed by atoms with van der Waals surface area (Å²) in [4.78, 5) is 12.6. The fraction of sp³-hybridized carbons (Fsp3) is 0.133. The molecule has 5 heteroatoms. The van der Waals surface area contributed by atoms with Crippen molar-refractivity contribution in [3.05, 3.63) is 48.0 Å². The van der Waals surface area contributed by atoms with Crippen LogP contribution in [-0.2, 0) is 11.2 Å². The van der Waals surface area contributed by atoms with Gasteiger partial charge in [-0.25, -0.2) is 0 Å². The van der Waals surface area contributed by atoms with Crippen molar-refractivity contribution in [2.75, 3.05) is 0 Å². The van der Waals surface area contributed by atoms with Crippen molar-refractivity contribution in [2.24, 2.45) is 0 Å². The maximum atomic E-state index is 11.2. The zero-order valence-electron chi connectivity index (χ0n) is 10.9. The quantitative estimate of drug-likeness (QED) is 0.790. The molecule has 0 saturated carbocycles. The van der Waals surface area contributed by atoms with E-state index in [4.69, 9.17) is 0 Å². The SMILES string of the molecule is CC(=O)Cc1ccc(O)c(-n2nc3ccccc3n2)c1. The number of aromatic nitrogens is 3. The molecule has 20 heavy (non-hydrogen) atoms. The van der Waals surface area contributed by atoms with E-state index < -0.39 is 0 Å². The molecule has 1 heterocycles. The average Bonchev–Trinajstić information content (AvgIpc) is 2.84. The normalized spacial score (nSPS) is 10.8. The third-order valence-electron chi connectivity index (χ3n) is 3.00. The number of carbonyl (C=O) groups excluding carboxylic acids is 1. The van der Waals surface area contributed by atoms with Crippen molar-refractivity contribution in [3.63, 3.8) is 0 Å². The van der Waals surface area contributed by atoms with Gasteiger partial charge in [0.2, 0.25) is 0 Å². The van der Waals surface area contributed by atoms with E-state index in [1.807, 2.05) is 24.3 Å². The van der Waals surface area contributed by atoms with Gasteiger partial charge in [0.1, 0.15) is 28.3 Å². The molecule has 0 bridgehead atoms. The number of carbonyl (C=O) groups is 1. The minimum atomic E-state index is 0.0697. The molecule has 1 N–H and O–H groups in total. The topological polar surface area (TPSA) is 68.0 Å². The van der Waals surface area contributed by atoms with Gasteiger partial charge >= 0.3 is 0 Å². The van der Waals surface area contributed by atoms with Gasteiger partial charge in [-0.05, 0) is 36.8 Å². The number of aromatic hydroxyl groups is 1. The van der Waals surface area contributed by atoms with Crippen molar-refractivity contribution in [1.29, 1.82) is 0 Å². The van der Waals surface area contributed by atoms with Crippen LogP contribution in [0.4, 0.5) is 0 Å². The second kappa shape index (κ2) is 4.77. The molecule has 2 aromatic carbocycles. The maximum absolute atomic E-state index is 11.2. The van der Waals surface area contributed by atoms with Crippen LogP contribution in [0, 0.1) is 0 Å².